The molecule has 0 saturated carbocycles. The summed E-state index contributed by atoms with van der Waals surface area (Å²) in [5.41, 5.74) is 6.95. The van der Waals surface area contributed by atoms with Gasteiger partial charge >= 0.3 is 0 Å². The lowest BCUT2D eigenvalue weighted by atomic mass is 9.90. The van der Waals surface area contributed by atoms with E-state index in [2.05, 4.69) is 5.16 Å². The molecule has 106 valence electrons. The Labute approximate surface area is 117 Å². The maximum Gasteiger partial charge on any atom is 0.174 e. The Morgan fingerprint density at radius 2 is 2.25 bits per heavy atom. The molecule has 0 aliphatic carbocycles. The van der Waals surface area contributed by atoms with E-state index in [9.17, 15) is 0 Å². The van der Waals surface area contributed by atoms with Crippen molar-refractivity contribution in [1.29, 1.82) is 0 Å². The predicted octanol–water partition coefficient (Wildman–Crippen LogP) is 2.81. The highest BCUT2D eigenvalue weighted by Gasteiger charge is 2.31. The number of fused-ring (bicyclic) bond motifs is 1. The van der Waals surface area contributed by atoms with E-state index < -0.39 is 0 Å². The first-order valence-corrected chi connectivity index (χ1v) is 6.64. The van der Waals surface area contributed by atoms with Gasteiger partial charge in [-0.05, 0) is 19.9 Å². The summed E-state index contributed by atoms with van der Waals surface area (Å²) in [6, 6.07) is 7.51. The van der Waals surface area contributed by atoms with Crippen molar-refractivity contribution in [2.45, 2.75) is 38.5 Å². The third-order valence-corrected chi connectivity index (χ3v) is 3.35. The van der Waals surface area contributed by atoms with E-state index in [4.69, 9.17) is 19.7 Å². The van der Waals surface area contributed by atoms with Crippen molar-refractivity contribution in [1.82, 2.24) is 5.16 Å². The Balaban J connectivity index is 1.78. The van der Waals surface area contributed by atoms with Gasteiger partial charge in [-0.1, -0.05) is 11.2 Å². The minimum atomic E-state index is -0.254. The van der Waals surface area contributed by atoms with Gasteiger partial charge in [-0.15, -0.1) is 0 Å². The van der Waals surface area contributed by atoms with Crippen molar-refractivity contribution >= 4 is 0 Å². The minimum Gasteiger partial charge on any atom is -0.487 e. The molecule has 20 heavy (non-hydrogen) atoms. The van der Waals surface area contributed by atoms with Crippen molar-refractivity contribution in [3.8, 4) is 11.5 Å². The maximum atomic E-state index is 6.18. The van der Waals surface area contributed by atoms with E-state index in [1.807, 2.05) is 32.0 Å². The minimum absolute atomic E-state index is 0.00271. The summed E-state index contributed by atoms with van der Waals surface area (Å²) in [5.74, 6) is 2.20. The zero-order chi connectivity index (χ0) is 14.2. The molecular formula is C15H18N2O3. The Bertz CT molecular complexity index is 593. The quantitative estimate of drug-likeness (QED) is 0.931. The normalized spacial score (nSPS) is 20.1. The summed E-state index contributed by atoms with van der Waals surface area (Å²) in [6.45, 7) is 4.42. The highest BCUT2D eigenvalue weighted by Crippen LogP contribution is 2.40. The van der Waals surface area contributed by atoms with Crippen LogP contribution in [0.25, 0.3) is 0 Å². The molecule has 0 spiro atoms. The molecule has 1 aliphatic heterocycles. The standard InChI is InChI=1S/C15H18N2O3/c1-15(2)8-13(16)12-4-3-10(7-14(12)19-15)18-9-11-5-6-17-20-11/h3-7,13H,8-9,16H2,1-2H3. The molecule has 5 heteroatoms. The summed E-state index contributed by atoms with van der Waals surface area (Å²) < 4.78 is 16.6. The van der Waals surface area contributed by atoms with Gasteiger partial charge in [0.15, 0.2) is 5.76 Å². The van der Waals surface area contributed by atoms with Crippen LogP contribution in [0.2, 0.25) is 0 Å². The number of rotatable bonds is 3. The molecule has 5 nitrogen and oxygen atoms in total. The van der Waals surface area contributed by atoms with E-state index in [1.54, 1.807) is 12.3 Å². The SMILES string of the molecule is CC1(C)CC(N)c2ccc(OCc3ccno3)cc2O1. The van der Waals surface area contributed by atoms with E-state index in [-0.39, 0.29) is 11.6 Å². The average Bonchev–Trinajstić information content (AvgIpc) is 2.87. The molecule has 2 aromatic rings. The highest BCUT2D eigenvalue weighted by molar-refractivity contribution is 5.44. The number of nitrogens with two attached hydrogens (primary N) is 1. The molecule has 0 fully saturated rings. The van der Waals surface area contributed by atoms with Gasteiger partial charge in [0.1, 0.15) is 23.7 Å². The lowest BCUT2D eigenvalue weighted by molar-refractivity contribution is 0.0723. The topological polar surface area (TPSA) is 70.5 Å². The first-order valence-electron chi connectivity index (χ1n) is 6.64. The Kier molecular flexibility index (Phi) is 3.14. The third kappa shape index (κ3) is 2.63. The van der Waals surface area contributed by atoms with Gasteiger partial charge in [0.25, 0.3) is 0 Å². The van der Waals surface area contributed by atoms with Crippen LogP contribution >= 0.6 is 0 Å². The van der Waals surface area contributed by atoms with Gasteiger partial charge < -0.3 is 19.7 Å². The summed E-state index contributed by atoms with van der Waals surface area (Å²) in [6.07, 6.45) is 2.40. The van der Waals surface area contributed by atoms with Crippen molar-refractivity contribution in [3.05, 3.63) is 41.8 Å². The fraction of sp³-hybridized carbons (Fsp3) is 0.400. The van der Waals surface area contributed by atoms with Gasteiger partial charge in [0.2, 0.25) is 0 Å². The van der Waals surface area contributed by atoms with E-state index >= 15 is 0 Å². The molecule has 1 aromatic carbocycles. The number of hydrogen-bond acceptors (Lipinski definition) is 5. The molecule has 1 unspecified atom stereocenters. The highest BCUT2D eigenvalue weighted by atomic mass is 16.5. The van der Waals surface area contributed by atoms with Crippen LogP contribution in [0, 0.1) is 0 Å². The molecule has 0 radical (unpaired) electrons. The Morgan fingerprint density at radius 3 is 3.00 bits per heavy atom. The smallest absolute Gasteiger partial charge is 0.174 e. The summed E-state index contributed by atoms with van der Waals surface area (Å²) in [5, 5.41) is 3.64. The number of nitrogens with zero attached hydrogens (tertiary/aromatic N) is 1. The van der Waals surface area contributed by atoms with Gasteiger partial charge in [-0.25, -0.2) is 0 Å². The molecule has 2 heterocycles. The maximum absolute atomic E-state index is 6.18. The average molecular weight is 274 g/mol. The predicted molar refractivity (Wildman–Crippen MR) is 73.5 cm³/mol. The first kappa shape index (κ1) is 13.0. The number of aromatic nitrogens is 1. The zero-order valence-corrected chi connectivity index (χ0v) is 11.6. The Morgan fingerprint density at radius 1 is 1.40 bits per heavy atom. The molecule has 3 rings (SSSR count). The molecule has 1 aromatic heterocycles. The van der Waals surface area contributed by atoms with Gasteiger partial charge in [-0.2, -0.15) is 0 Å². The molecule has 0 amide bonds. The number of benzene rings is 1. The summed E-state index contributed by atoms with van der Waals surface area (Å²) in [7, 11) is 0. The van der Waals surface area contributed by atoms with E-state index in [0.29, 0.717) is 12.4 Å². The second-order valence-electron chi connectivity index (χ2n) is 5.64. The van der Waals surface area contributed by atoms with Crippen LogP contribution in [0.15, 0.2) is 35.0 Å². The molecule has 0 bridgehead atoms. The fourth-order valence-electron chi connectivity index (χ4n) is 2.45. The summed E-state index contributed by atoms with van der Waals surface area (Å²) in [4.78, 5) is 0. The second-order valence-corrected chi connectivity index (χ2v) is 5.64. The number of hydrogen-bond donors (Lipinski definition) is 1. The van der Waals surface area contributed by atoms with Crippen molar-refractivity contribution in [3.63, 3.8) is 0 Å². The zero-order valence-electron chi connectivity index (χ0n) is 11.6. The molecule has 1 aliphatic rings. The van der Waals surface area contributed by atoms with Crippen LogP contribution in [0.1, 0.15) is 37.6 Å². The van der Waals surface area contributed by atoms with Gasteiger partial charge in [-0.3, -0.25) is 0 Å². The lowest BCUT2D eigenvalue weighted by Crippen LogP contribution is -2.37. The third-order valence-electron chi connectivity index (χ3n) is 3.35. The summed E-state index contributed by atoms with van der Waals surface area (Å²) >= 11 is 0. The lowest BCUT2D eigenvalue weighted by Gasteiger charge is -2.36. The molecule has 0 saturated heterocycles. The molecule has 2 N–H and O–H groups in total. The van der Waals surface area contributed by atoms with Crippen LogP contribution < -0.4 is 15.2 Å². The Hall–Kier alpha value is -2.01. The van der Waals surface area contributed by atoms with Crippen LogP contribution in [-0.4, -0.2) is 10.8 Å². The van der Waals surface area contributed by atoms with Crippen LogP contribution in [-0.2, 0) is 6.61 Å². The molecule has 1 atom stereocenters. The number of ether oxygens (including phenoxy) is 2. The molecular weight excluding hydrogens is 256 g/mol. The second kappa shape index (κ2) is 4.83. The van der Waals surface area contributed by atoms with Crippen LogP contribution in [0.4, 0.5) is 0 Å². The van der Waals surface area contributed by atoms with Gasteiger partial charge in [0.05, 0.1) is 6.20 Å². The van der Waals surface area contributed by atoms with Crippen molar-refractivity contribution < 1.29 is 14.0 Å². The van der Waals surface area contributed by atoms with E-state index in [0.717, 1.165) is 23.5 Å². The van der Waals surface area contributed by atoms with Crippen LogP contribution in [0.3, 0.4) is 0 Å². The fourth-order valence-corrected chi connectivity index (χ4v) is 2.45. The van der Waals surface area contributed by atoms with Gasteiger partial charge in [0, 0.05) is 30.2 Å². The van der Waals surface area contributed by atoms with Crippen LogP contribution in [0.5, 0.6) is 11.5 Å². The first-order chi connectivity index (χ1) is 9.53. The monoisotopic (exact) mass is 274 g/mol. The van der Waals surface area contributed by atoms with Crippen molar-refractivity contribution in [2.24, 2.45) is 5.73 Å². The van der Waals surface area contributed by atoms with Crippen molar-refractivity contribution in [2.75, 3.05) is 0 Å². The van der Waals surface area contributed by atoms with E-state index in [1.165, 1.54) is 0 Å². The largest absolute Gasteiger partial charge is 0.487 e.